The molecular weight excluding hydrogens is 162 g/mol. The van der Waals surface area contributed by atoms with Crippen molar-refractivity contribution in [2.75, 3.05) is 19.6 Å². The topological polar surface area (TPSA) is 23.5 Å². The van der Waals surface area contributed by atoms with Crippen LogP contribution in [0.3, 0.4) is 0 Å². The van der Waals surface area contributed by atoms with Gasteiger partial charge in [-0.05, 0) is 32.1 Å². The minimum absolute atomic E-state index is 0.505. The highest BCUT2D eigenvalue weighted by Gasteiger charge is 2.26. The van der Waals surface area contributed by atoms with E-state index >= 15 is 0 Å². The number of hydrogen-bond donors (Lipinski definition) is 1. The van der Waals surface area contributed by atoms with Gasteiger partial charge in [0.1, 0.15) is 0 Å². The molecule has 1 N–H and O–H groups in total. The lowest BCUT2D eigenvalue weighted by atomic mass is 10.0. The average molecular weight is 185 g/mol. The predicted molar refractivity (Wildman–Crippen MR) is 55.7 cm³/mol. The molecule has 0 bridgehead atoms. The third-order valence-electron chi connectivity index (χ3n) is 3.10. The first-order valence-electron chi connectivity index (χ1n) is 5.33. The van der Waals surface area contributed by atoms with Gasteiger partial charge in [0.25, 0.3) is 0 Å². The van der Waals surface area contributed by atoms with Gasteiger partial charge in [0.05, 0.1) is 5.60 Å². The Morgan fingerprint density at radius 3 is 2.08 bits per heavy atom. The molecule has 13 heavy (non-hydrogen) atoms. The largest absolute Gasteiger partial charge is 0.390 e. The van der Waals surface area contributed by atoms with E-state index in [2.05, 4.69) is 18.7 Å². The van der Waals surface area contributed by atoms with Gasteiger partial charge in [-0.2, -0.15) is 0 Å². The second kappa shape index (κ2) is 3.97. The van der Waals surface area contributed by atoms with Crippen LogP contribution >= 0.6 is 0 Å². The van der Waals surface area contributed by atoms with Crippen molar-refractivity contribution in [3.05, 3.63) is 0 Å². The predicted octanol–water partition coefficient (Wildman–Crippen LogP) is 1.74. The second-order valence-electron chi connectivity index (χ2n) is 5.28. The van der Waals surface area contributed by atoms with Gasteiger partial charge in [-0.1, -0.05) is 13.8 Å². The molecular formula is C11H23NO. The molecule has 2 heteroatoms. The van der Waals surface area contributed by atoms with Crippen LogP contribution in [-0.2, 0) is 0 Å². The molecule has 0 aromatic rings. The molecule has 78 valence electrons. The maximum Gasteiger partial charge on any atom is 0.0603 e. The molecule has 0 spiro atoms. The Labute approximate surface area is 81.9 Å². The summed E-state index contributed by atoms with van der Waals surface area (Å²) in [5.74, 6) is 1.64. The fourth-order valence-electron chi connectivity index (χ4n) is 1.86. The van der Waals surface area contributed by atoms with Crippen LogP contribution in [0.5, 0.6) is 0 Å². The van der Waals surface area contributed by atoms with Crippen LogP contribution in [0.4, 0.5) is 0 Å². The van der Waals surface area contributed by atoms with Crippen molar-refractivity contribution in [2.24, 2.45) is 11.8 Å². The first kappa shape index (κ1) is 11.0. The fraction of sp³-hybridized carbons (Fsp3) is 1.00. The molecule has 1 rings (SSSR count). The van der Waals surface area contributed by atoms with Gasteiger partial charge < -0.3 is 10.0 Å². The molecule has 2 atom stereocenters. The van der Waals surface area contributed by atoms with Crippen molar-refractivity contribution in [1.29, 1.82) is 0 Å². The van der Waals surface area contributed by atoms with Crippen molar-refractivity contribution in [3.8, 4) is 0 Å². The van der Waals surface area contributed by atoms with Gasteiger partial charge in [0, 0.05) is 19.6 Å². The van der Waals surface area contributed by atoms with Gasteiger partial charge in [0.2, 0.25) is 0 Å². The molecule has 0 aliphatic carbocycles. The standard InChI is InChI=1S/C11H23NO/c1-9-7-12(8-10(9)2)6-5-11(3,4)13/h9-10,13H,5-8H2,1-4H3. The summed E-state index contributed by atoms with van der Waals surface area (Å²) in [5, 5.41) is 9.58. The Morgan fingerprint density at radius 2 is 1.69 bits per heavy atom. The normalized spacial score (nSPS) is 31.2. The van der Waals surface area contributed by atoms with Crippen LogP contribution in [0.15, 0.2) is 0 Å². The van der Waals surface area contributed by atoms with Crippen molar-refractivity contribution in [3.63, 3.8) is 0 Å². The van der Waals surface area contributed by atoms with Crippen molar-refractivity contribution in [2.45, 2.75) is 39.7 Å². The summed E-state index contributed by atoms with van der Waals surface area (Å²) in [6.45, 7) is 11.8. The van der Waals surface area contributed by atoms with Gasteiger partial charge >= 0.3 is 0 Å². The summed E-state index contributed by atoms with van der Waals surface area (Å²) in [4.78, 5) is 2.47. The van der Waals surface area contributed by atoms with Crippen molar-refractivity contribution in [1.82, 2.24) is 4.90 Å². The maximum absolute atomic E-state index is 9.58. The molecule has 1 heterocycles. The summed E-state index contributed by atoms with van der Waals surface area (Å²) < 4.78 is 0. The SMILES string of the molecule is CC1CN(CCC(C)(C)O)CC1C. The van der Waals surface area contributed by atoms with E-state index in [0.29, 0.717) is 0 Å². The lowest BCUT2D eigenvalue weighted by Crippen LogP contribution is -2.29. The third kappa shape index (κ3) is 3.65. The molecule has 2 unspecified atom stereocenters. The number of likely N-dealkylation sites (tertiary alicyclic amines) is 1. The van der Waals surface area contributed by atoms with Crippen LogP contribution in [0.2, 0.25) is 0 Å². The number of aliphatic hydroxyl groups is 1. The third-order valence-corrected chi connectivity index (χ3v) is 3.10. The van der Waals surface area contributed by atoms with Gasteiger partial charge in [0.15, 0.2) is 0 Å². The Hall–Kier alpha value is -0.0800. The average Bonchev–Trinajstić information content (AvgIpc) is 2.27. The Morgan fingerprint density at radius 1 is 1.23 bits per heavy atom. The first-order chi connectivity index (χ1) is 5.88. The zero-order valence-electron chi connectivity index (χ0n) is 9.38. The van der Waals surface area contributed by atoms with Crippen LogP contribution < -0.4 is 0 Å². The molecule has 0 amide bonds. The van der Waals surface area contributed by atoms with E-state index in [4.69, 9.17) is 0 Å². The minimum Gasteiger partial charge on any atom is -0.390 e. The van der Waals surface area contributed by atoms with E-state index in [1.807, 2.05) is 13.8 Å². The molecule has 1 fully saturated rings. The van der Waals surface area contributed by atoms with E-state index in [1.54, 1.807) is 0 Å². The maximum atomic E-state index is 9.58. The van der Waals surface area contributed by atoms with E-state index in [0.717, 1.165) is 24.8 Å². The van der Waals surface area contributed by atoms with Crippen LogP contribution in [0.1, 0.15) is 34.1 Å². The second-order valence-corrected chi connectivity index (χ2v) is 5.28. The summed E-state index contributed by atoms with van der Waals surface area (Å²) in [6.07, 6.45) is 0.881. The summed E-state index contributed by atoms with van der Waals surface area (Å²) in [5.41, 5.74) is -0.505. The highest BCUT2D eigenvalue weighted by Crippen LogP contribution is 2.22. The van der Waals surface area contributed by atoms with E-state index in [9.17, 15) is 5.11 Å². The Bertz CT molecular complexity index is 152. The number of hydrogen-bond acceptors (Lipinski definition) is 2. The van der Waals surface area contributed by atoms with Crippen LogP contribution in [0, 0.1) is 11.8 Å². The molecule has 0 aromatic heterocycles. The van der Waals surface area contributed by atoms with Gasteiger partial charge in [-0.15, -0.1) is 0 Å². The lowest BCUT2D eigenvalue weighted by molar-refractivity contribution is 0.0599. The smallest absolute Gasteiger partial charge is 0.0603 e. The quantitative estimate of drug-likeness (QED) is 0.724. The summed E-state index contributed by atoms with van der Waals surface area (Å²) in [6, 6.07) is 0. The van der Waals surface area contributed by atoms with E-state index in [1.165, 1.54) is 13.1 Å². The monoisotopic (exact) mass is 185 g/mol. The van der Waals surface area contributed by atoms with E-state index in [-0.39, 0.29) is 0 Å². The summed E-state index contributed by atoms with van der Waals surface area (Å²) >= 11 is 0. The molecule has 0 aromatic carbocycles. The van der Waals surface area contributed by atoms with E-state index < -0.39 is 5.60 Å². The Kier molecular flexibility index (Phi) is 3.36. The fourth-order valence-corrected chi connectivity index (χ4v) is 1.86. The Balaban J connectivity index is 2.25. The molecule has 0 saturated carbocycles. The molecule has 1 aliphatic heterocycles. The molecule has 1 saturated heterocycles. The van der Waals surface area contributed by atoms with Crippen LogP contribution in [0.25, 0.3) is 0 Å². The highest BCUT2D eigenvalue weighted by atomic mass is 16.3. The molecule has 2 nitrogen and oxygen atoms in total. The lowest BCUT2D eigenvalue weighted by Gasteiger charge is -2.22. The zero-order chi connectivity index (χ0) is 10.1. The van der Waals surface area contributed by atoms with Crippen molar-refractivity contribution >= 4 is 0 Å². The van der Waals surface area contributed by atoms with Crippen LogP contribution in [-0.4, -0.2) is 35.2 Å². The van der Waals surface area contributed by atoms with Crippen molar-refractivity contribution < 1.29 is 5.11 Å². The zero-order valence-corrected chi connectivity index (χ0v) is 9.38. The minimum atomic E-state index is -0.505. The highest BCUT2D eigenvalue weighted by molar-refractivity contribution is 4.80. The molecule has 0 radical (unpaired) electrons. The summed E-state index contributed by atoms with van der Waals surface area (Å²) in [7, 11) is 0. The van der Waals surface area contributed by atoms with Gasteiger partial charge in [-0.3, -0.25) is 0 Å². The number of nitrogens with zero attached hydrogens (tertiary/aromatic N) is 1. The first-order valence-corrected chi connectivity index (χ1v) is 5.33. The number of rotatable bonds is 3. The molecule has 1 aliphatic rings. The van der Waals surface area contributed by atoms with Gasteiger partial charge in [-0.25, -0.2) is 0 Å².